The number of carbonyl (C=O) groups excluding carboxylic acids is 1. The van der Waals surface area contributed by atoms with Gasteiger partial charge in [0.25, 0.3) is 0 Å². The number of benzene rings is 2. The Morgan fingerprint density at radius 3 is 2.54 bits per heavy atom. The summed E-state index contributed by atoms with van der Waals surface area (Å²) in [5.74, 6) is -6.44. The number of rotatable bonds is 6. The van der Waals surface area contributed by atoms with Crippen molar-refractivity contribution in [3.05, 3.63) is 59.0 Å². The molecule has 1 heterocycles. The van der Waals surface area contributed by atoms with Crippen LogP contribution in [-0.2, 0) is 12.9 Å². The number of methoxy groups -OCH3 is 2. The third-order valence-electron chi connectivity index (χ3n) is 4.30. The summed E-state index contributed by atoms with van der Waals surface area (Å²) in [4.78, 5) is 13.1. The van der Waals surface area contributed by atoms with Crippen LogP contribution in [0.1, 0.15) is 65.3 Å². The first-order valence-corrected chi connectivity index (χ1v) is 8.41. The quantitative estimate of drug-likeness (QED) is 0.726. The lowest BCUT2D eigenvalue weighted by molar-refractivity contribution is 0.0895. The Hall–Kier alpha value is -2.33. The molecule has 4 rings (SSSR count). The number of hydrogen-bond acceptors (Lipinski definition) is 4. The number of nitrogens with zero attached hydrogens (tertiary/aromatic N) is 1. The lowest BCUT2D eigenvalue weighted by Gasteiger charge is -2.32. The van der Waals surface area contributed by atoms with Crippen molar-refractivity contribution >= 4 is 5.78 Å². The van der Waals surface area contributed by atoms with Gasteiger partial charge < -0.3 is 9.47 Å². The van der Waals surface area contributed by atoms with Crippen LogP contribution in [0.5, 0.6) is 11.5 Å². The van der Waals surface area contributed by atoms with E-state index in [1.807, 2.05) is 0 Å². The number of hydrogen-bond donors (Lipinski definition) is 0. The molecule has 0 radical (unpaired) electrons. The predicted molar refractivity (Wildman–Crippen MR) is 110 cm³/mol. The molecule has 1 aliphatic carbocycles. The van der Waals surface area contributed by atoms with Gasteiger partial charge in [0.15, 0.2) is 17.3 Å². The Morgan fingerprint density at radius 2 is 1.86 bits per heavy atom. The number of ketones is 1. The molecule has 0 N–H and O–H groups in total. The highest BCUT2D eigenvalue weighted by Crippen LogP contribution is 2.39. The van der Waals surface area contributed by atoms with Gasteiger partial charge in [-0.1, -0.05) is 30.2 Å². The Balaban J connectivity index is 1.90. The Kier molecular flexibility index (Phi) is 2.14. The van der Waals surface area contributed by atoms with Crippen molar-refractivity contribution in [3.63, 3.8) is 0 Å². The van der Waals surface area contributed by atoms with Crippen LogP contribution < -0.4 is 9.47 Å². The number of Topliss-reactive ketones (excluding diaryl/α,β-unsaturated/α-hetero) is 1. The zero-order valence-electron chi connectivity index (χ0n) is 33.2. The summed E-state index contributed by atoms with van der Waals surface area (Å²) in [6.45, 7) is -11.8. The first-order valence-electron chi connectivity index (χ1n) is 17.4. The van der Waals surface area contributed by atoms with E-state index in [1.165, 1.54) is 14.2 Å². The molecule has 28 heavy (non-hydrogen) atoms. The van der Waals surface area contributed by atoms with Crippen molar-refractivity contribution in [2.45, 2.75) is 32.1 Å². The van der Waals surface area contributed by atoms with Gasteiger partial charge in [-0.3, -0.25) is 9.69 Å². The SMILES string of the molecule is [2H]c1c([2H])c([2H])c(C([2H])([2H])N2C([2H])([2H])C([2H])([2H])C([2H])(CC3Cc4c([2H])c(OC)c(OC)c([2H])c4C3=O)C([2H])([2H])C2([2H])[2H])c([2H])c1[2H]. The summed E-state index contributed by atoms with van der Waals surface area (Å²) in [6.07, 6.45) is -9.36. The molecule has 4 heteroatoms. The second-order valence-electron chi connectivity index (χ2n) is 6.04. The fourth-order valence-electron chi connectivity index (χ4n) is 2.99. The zero-order chi connectivity index (χ0) is 35.5. The minimum Gasteiger partial charge on any atom is -0.493 e. The Morgan fingerprint density at radius 1 is 1.18 bits per heavy atom. The molecule has 0 aromatic heterocycles. The van der Waals surface area contributed by atoms with Crippen LogP contribution in [0.2, 0.25) is 0 Å². The number of likely N-dealkylation sites (tertiary alicyclic amines) is 1. The highest BCUT2D eigenvalue weighted by molar-refractivity contribution is 6.02. The van der Waals surface area contributed by atoms with E-state index in [4.69, 9.17) is 34.1 Å². The maximum Gasteiger partial charge on any atom is 0.166 e. The maximum absolute atomic E-state index is 13.6. The highest BCUT2D eigenvalue weighted by atomic mass is 16.5. The molecule has 0 saturated carbocycles. The van der Waals surface area contributed by atoms with E-state index in [2.05, 4.69) is 0 Å². The fourth-order valence-corrected chi connectivity index (χ4v) is 2.99. The Bertz CT molecular complexity index is 1580. The van der Waals surface area contributed by atoms with Gasteiger partial charge in [0, 0.05) is 33.1 Å². The van der Waals surface area contributed by atoms with Gasteiger partial charge in [-0.2, -0.15) is 0 Å². The molecule has 148 valence electrons. The van der Waals surface area contributed by atoms with Crippen LogP contribution in [0.3, 0.4) is 0 Å². The Labute approximate surface area is 192 Å². The molecule has 2 aromatic carbocycles. The number of fused-ring (bicyclic) bond motifs is 1. The second-order valence-corrected chi connectivity index (χ2v) is 6.04. The first kappa shape index (κ1) is 7.17. The summed E-state index contributed by atoms with van der Waals surface area (Å²) in [5, 5.41) is 0. The number of carbonyl (C=O) groups is 1. The van der Waals surface area contributed by atoms with Crippen molar-refractivity contribution in [2.24, 2.45) is 11.8 Å². The van der Waals surface area contributed by atoms with Crippen molar-refractivity contribution in [2.75, 3.05) is 27.2 Å². The average Bonchev–Trinajstić information content (AvgIpc) is 3.26. The molecule has 0 bridgehead atoms. The normalized spacial score (nSPS) is 38.4. The monoisotopic (exact) mass is 397 g/mol. The molecule has 1 unspecified atom stereocenters. The van der Waals surface area contributed by atoms with Crippen molar-refractivity contribution in [1.29, 1.82) is 0 Å². The molecule has 2 aromatic rings. The molecular formula is C24H29NO3. The second kappa shape index (κ2) is 8.36. The molecule has 1 atom stereocenters. The highest BCUT2D eigenvalue weighted by Gasteiger charge is 2.34. The standard InChI is InChI=1S/C24H29NO3/c1-27-22-14-19-13-20(24(26)21(19)15-23(22)28-2)12-17-8-10-25(11-9-17)16-18-6-4-3-5-7-18/h3-7,14-15,17,20H,8-13,16H2,1-2H3/i3D,4D,5D,6D,7D,8D2,9D2,10D2,11D2,14D,15D,16D2,17D. The van der Waals surface area contributed by atoms with Gasteiger partial charge in [-0.15, -0.1) is 0 Å². The van der Waals surface area contributed by atoms with Crippen LogP contribution in [0.25, 0.3) is 0 Å². The molecule has 0 spiro atoms. The third-order valence-corrected chi connectivity index (χ3v) is 4.30. The van der Waals surface area contributed by atoms with Crippen molar-refractivity contribution in [1.82, 2.24) is 4.90 Å². The number of ether oxygens (including phenoxy) is 2. The van der Waals surface area contributed by atoms with Crippen LogP contribution in [0.4, 0.5) is 0 Å². The first-order chi connectivity index (χ1) is 20.7. The molecule has 1 fully saturated rings. The summed E-state index contributed by atoms with van der Waals surface area (Å²) >= 11 is 0. The summed E-state index contributed by atoms with van der Waals surface area (Å²) in [6, 6.07) is -6.33. The lowest BCUT2D eigenvalue weighted by Crippen LogP contribution is -2.34. The van der Waals surface area contributed by atoms with Crippen LogP contribution in [-0.4, -0.2) is 37.9 Å². The van der Waals surface area contributed by atoms with Gasteiger partial charge in [0.1, 0.15) is 0 Å². The molecule has 1 aliphatic heterocycles. The van der Waals surface area contributed by atoms with E-state index in [-0.39, 0.29) is 28.7 Å². The van der Waals surface area contributed by atoms with E-state index >= 15 is 0 Å². The van der Waals surface area contributed by atoms with Gasteiger partial charge in [-0.05, 0) is 67.7 Å². The van der Waals surface area contributed by atoms with E-state index < -0.39 is 109 Å². The molecule has 4 nitrogen and oxygen atoms in total. The van der Waals surface area contributed by atoms with E-state index in [9.17, 15) is 4.79 Å². The third kappa shape index (κ3) is 3.93. The van der Waals surface area contributed by atoms with E-state index in [0.717, 1.165) is 0 Å². The van der Waals surface area contributed by atoms with Crippen molar-refractivity contribution in [3.8, 4) is 11.5 Å². The maximum atomic E-state index is 13.6. The minimum atomic E-state index is -3.97. The van der Waals surface area contributed by atoms with E-state index in [0.29, 0.717) is 0 Å². The van der Waals surface area contributed by atoms with Crippen LogP contribution in [0.15, 0.2) is 42.3 Å². The zero-order valence-corrected chi connectivity index (χ0v) is 15.2. The molecule has 1 saturated heterocycles. The summed E-state index contributed by atoms with van der Waals surface area (Å²) < 4.78 is 164. The molecular weight excluding hydrogens is 350 g/mol. The van der Waals surface area contributed by atoms with E-state index in [1.54, 1.807) is 0 Å². The predicted octanol–water partition coefficient (Wildman–Crippen LogP) is 4.36. The largest absolute Gasteiger partial charge is 0.493 e. The summed E-state index contributed by atoms with van der Waals surface area (Å²) in [5.41, 5.74) is -1.67. The van der Waals surface area contributed by atoms with Gasteiger partial charge >= 0.3 is 0 Å². The van der Waals surface area contributed by atoms with Gasteiger partial charge in [-0.25, -0.2) is 0 Å². The number of piperidine rings is 1. The molecule has 2 aliphatic rings. The smallest absolute Gasteiger partial charge is 0.166 e. The summed E-state index contributed by atoms with van der Waals surface area (Å²) in [7, 11) is 2.36. The van der Waals surface area contributed by atoms with Gasteiger partial charge in [0.05, 0.1) is 23.8 Å². The minimum absolute atomic E-state index is 0.0525. The van der Waals surface area contributed by atoms with Crippen molar-refractivity contribution < 1.29 is 38.9 Å². The van der Waals surface area contributed by atoms with Crippen LogP contribution >= 0.6 is 0 Å². The lowest BCUT2D eigenvalue weighted by atomic mass is 9.85. The fraction of sp³-hybridized carbons (Fsp3) is 0.458. The topological polar surface area (TPSA) is 38.8 Å². The molecule has 0 amide bonds. The van der Waals surface area contributed by atoms with Gasteiger partial charge in [0.2, 0.25) is 0 Å². The average molecular weight is 398 g/mol. The van der Waals surface area contributed by atoms with Crippen LogP contribution in [0, 0.1) is 11.8 Å².